The molecule has 0 radical (unpaired) electrons. The summed E-state index contributed by atoms with van der Waals surface area (Å²) in [7, 11) is 2.13. The van der Waals surface area contributed by atoms with Gasteiger partial charge in [-0.1, -0.05) is 96.8 Å². The van der Waals surface area contributed by atoms with E-state index in [0.29, 0.717) is 56.0 Å². The standard InChI is InChI=1S/C10H20O5Si.C8H14O2.C8H8.C7H12O2.C6H10O3/c1-9(2)10(11)15-7-6-8-16(12-3,13-4)14-5;1-6(2)5-10-8(9)7(3)4;1-2-8-6-4-3-5-7-8;1-3-5-6-9-7(8)4-2;1-3-4-9-6(8)5(2)7/h1,6-8H2,2-5H3;6H,3,5H2,1-2,4H3;2-7H,1H2;4H,2-3,5-6H2,1H3;7H,2-4H2,1H3. The molecule has 1 rings (SSSR count). The van der Waals surface area contributed by atoms with Crippen LogP contribution in [0.1, 0.15) is 72.8 Å². The van der Waals surface area contributed by atoms with E-state index in [4.69, 9.17) is 27.9 Å². The lowest BCUT2D eigenvalue weighted by Gasteiger charge is -2.24. The van der Waals surface area contributed by atoms with Gasteiger partial charge in [0.1, 0.15) is 0 Å². The number of carbonyl (C=O) groups is 4. The number of unbranched alkanes of at least 4 members (excludes halogenated alkanes) is 1. The Morgan fingerprint density at radius 1 is 0.731 bits per heavy atom. The second kappa shape index (κ2) is 36.5. The highest BCUT2D eigenvalue weighted by atomic mass is 28.4. The highest BCUT2D eigenvalue weighted by Gasteiger charge is 2.37. The van der Waals surface area contributed by atoms with Crippen LogP contribution in [0.5, 0.6) is 0 Å². The zero-order valence-electron chi connectivity index (χ0n) is 33.0. The summed E-state index contributed by atoms with van der Waals surface area (Å²) < 4.78 is 34.6. The zero-order chi connectivity index (χ0) is 41.0. The van der Waals surface area contributed by atoms with Gasteiger partial charge in [0.2, 0.25) is 0 Å². The summed E-state index contributed by atoms with van der Waals surface area (Å²) in [5, 5.41) is 8.38. The average Bonchev–Trinajstić information content (AvgIpc) is 3.14. The summed E-state index contributed by atoms with van der Waals surface area (Å²) in [6.45, 7) is 29.6. The van der Waals surface area contributed by atoms with Gasteiger partial charge >= 0.3 is 32.7 Å². The lowest BCUT2D eigenvalue weighted by atomic mass is 10.2. The third kappa shape index (κ3) is 35.5. The number of aliphatic hydroxyl groups excluding tert-OH is 1. The van der Waals surface area contributed by atoms with Gasteiger partial charge in [-0.25, -0.2) is 19.2 Å². The van der Waals surface area contributed by atoms with Gasteiger partial charge < -0.3 is 37.3 Å². The zero-order valence-corrected chi connectivity index (χ0v) is 34.0. The van der Waals surface area contributed by atoms with E-state index in [1.807, 2.05) is 64.1 Å². The molecular formula is C39H64O12Si. The van der Waals surface area contributed by atoms with Crippen molar-refractivity contribution in [1.82, 2.24) is 0 Å². The number of hydrogen-bond donors (Lipinski definition) is 1. The Bertz CT molecular complexity index is 1160. The number of benzene rings is 1. The van der Waals surface area contributed by atoms with Crippen molar-refractivity contribution >= 4 is 38.8 Å². The van der Waals surface area contributed by atoms with Crippen molar-refractivity contribution < 1.29 is 56.5 Å². The van der Waals surface area contributed by atoms with Crippen LogP contribution < -0.4 is 0 Å². The van der Waals surface area contributed by atoms with Gasteiger partial charge in [-0.3, -0.25) is 0 Å². The van der Waals surface area contributed by atoms with Gasteiger partial charge in [0, 0.05) is 44.6 Å². The normalized spacial score (nSPS) is 9.58. The second-order valence-corrected chi connectivity index (χ2v) is 14.1. The van der Waals surface area contributed by atoms with Crippen LogP contribution in [0.4, 0.5) is 0 Å². The Balaban J connectivity index is -0.000000284. The Labute approximate surface area is 313 Å². The van der Waals surface area contributed by atoms with E-state index in [2.05, 4.69) is 42.4 Å². The molecule has 0 saturated heterocycles. The van der Waals surface area contributed by atoms with Gasteiger partial charge in [-0.05, 0) is 51.2 Å². The predicted octanol–water partition coefficient (Wildman–Crippen LogP) is 7.99. The first kappa shape index (κ1) is 54.5. The van der Waals surface area contributed by atoms with Crippen LogP contribution in [0, 0.1) is 5.92 Å². The van der Waals surface area contributed by atoms with Gasteiger partial charge in [-0.15, -0.1) is 0 Å². The lowest BCUT2D eigenvalue weighted by Crippen LogP contribution is -2.42. The number of hydrogen-bond acceptors (Lipinski definition) is 12. The third-order valence-electron chi connectivity index (χ3n) is 5.66. The van der Waals surface area contributed by atoms with E-state index in [-0.39, 0.29) is 17.9 Å². The van der Waals surface area contributed by atoms with Crippen LogP contribution in [0.2, 0.25) is 6.04 Å². The molecule has 13 heteroatoms. The quantitative estimate of drug-likeness (QED) is 0.0364. The maximum absolute atomic E-state index is 11.1. The maximum atomic E-state index is 11.1. The molecule has 0 aliphatic carbocycles. The van der Waals surface area contributed by atoms with Gasteiger partial charge in [-0.2, -0.15) is 0 Å². The minimum Gasteiger partial charge on any atom is -0.502 e. The predicted molar refractivity (Wildman–Crippen MR) is 208 cm³/mol. The number of ether oxygens (including phenoxy) is 4. The average molecular weight is 753 g/mol. The Morgan fingerprint density at radius 2 is 1.21 bits per heavy atom. The molecule has 0 spiro atoms. The fraction of sp³-hybridized carbons (Fsp3) is 0.487. The van der Waals surface area contributed by atoms with Gasteiger partial charge in [0.15, 0.2) is 5.76 Å². The number of carbonyl (C=O) groups excluding carboxylic acids is 4. The minimum absolute atomic E-state index is 0.297. The van der Waals surface area contributed by atoms with Crippen LogP contribution in [-0.2, 0) is 51.4 Å². The molecule has 0 bridgehead atoms. The summed E-state index contributed by atoms with van der Waals surface area (Å²) in [4.78, 5) is 42.5. The van der Waals surface area contributed by atoms with Crippen molar-refractivity contribution in [1.29, 1.82) is 0 Å². The number of aliphatic hydroxyl groups is 1. The first-order valence-electron chi connectivity index (χ1n) is 16.8. The summed E-state index contributed by atoms with van der Waals surface area (Å²) >= 11 is 0. The molecule has 1 N–H and O–H groups in total. The fourth-order valence-corrected chi connectivity index (χ4v) is 4.43. The molecule has 0 atom stereocenters. The smallest absolute Gasteiger partial charge is 0.500 e. The van der Waals surface area contributed by atoms with E-state index >= 15 is 0 Å². The molecule has 0 unspecified atom stereocenters. The highest BCUT2D eigenvalue weighted by molar-refractivity contribution is 6.60. The first-order chi connectivity index (χ1) is 24.5. The molecule has 0 aliphatic heterocycles. The van der Waals surface area contributed by atoms with Crippen LogP contribution >= 0.6 is 0 Å². The summed E-state index contributed by atoms with van der Waals surface area (Å²) in [5.41, 5.74) is 2.03. The first-order valence-corrected chi connectivity index (χ1v) is 18.7. The lowest BCUT2D eigenvalue weighted by molar-refractivity contribution is -0.142. The van der Waals surface area contributed by atoms with Crippen LogP contribution in [-0.4, -0.2) is 85.5 Å². The molecule has 12 nitrogen and oxygen atoms in total. The van der Waals surface area contributed by atoms with Crippen molar-refractivity contribution in [2.45, 2.75) is 73.3 Å². The largest absolute Gasteiger partial charge is 0.502 e. The summed E-state index contributed by atoms with van der Waals surface area (Å²) in [6.07, 6.45) is 6.37. The summed E-state index contributed by atoms with van der Waals surface area (Å²) in [6, 6.07) is 10.6. The molecule has 1 aromatic rings. The fourth-order valence-electron chi connectivity index (χ4n) is 2.74. The van der Waals surface area contributed by atoms with E-state index in [0.717, 1.165) is 19.3 Å². The van der Waals surface area contributed by atoms with E-state index in [1.54, 1.807) is 35.2 Å². The molecule has 0 amide bonds. The summed E-state index contributed by atoms with van der Waals surface area (Å²) in [5.74, 6) is -1.89. The van der Waals surface area contributed by atoms with E-state index in [1.165, 1.54) is 11.6 Å². The minimum atomic E-state index is -2.53. The molecule has 296 valence electrons. The Kier molecular flexibility index (Phi) is 38.2. The van der Waals surface area contributed by atoms with Crippen molar-refractivity contribution in [3.8, 4) is 0 Å². The highest BCUT2D eigenvalue weighted by Crippen LogP contribution is 2.15. The third-order valence-corrected chi connectivity index (χ3v) is 8.49. The van der Waals surface area contributed by atoms with E-state index in [9.17, 15) is 19.2 Å². The Hall–Kier alpha value is -4.30. The molecule has 0 saturated carbocycles. The number of rotatable bonds is 19. The second-order valence-electron chi connectivity index (χ2n) is 11.0. The molecule has 0 aromatic heterocycles. The van der Waals surface area contributed by atoms with Crippen molar-refractivity contribution in [3.63, 3.8) is 0 Å². The van der Waals surface area contributed by atoms with Crippen LogP contribution in [0.3, 0.4) is 0 Å². The SMILES string of the molecule is C=C(C)C(=O)OCC(C)C.C=C(C)C(=O)OCCC[Si](OC)(OC)OC.C=C(O)C(=O)OCCC.C=CC(=O)OCCCC.C=Cc1ccccc1. The molecule has 0 fully saturated rings. The monoisotopic (exact) mass is 752 g/mol. The van der Waals surface area contributed by atoms with E-state index < -0.39 is 20.5 Å². The molecular weight excluding hydrogens is 689 g/mol. The molecule has 0 heterocycles. The van der Waals surface area contributed by atoms with Crippen molar-refractivity contribution in [2.75, 3.05) is 47.8 Å². The van der Waals surface area contributed by atoms with Gasteiger partial charge in [0.25, 0.3) is 0 Å². The van der Waals surface area contributed by atoms with Crippen molar-refractivity contribution in [3.05, 3.63) is 91.8 Å². The van der Waals surface area contributed by atoms with Crippen LogP contribution in [0.25, 0.3) is 6.08 Å². The van der Waals surface area contributed by atoms with Crippen molar-refractivity contribution in [2.24, 2.45) is 5.92 Å². The molecule has 0 aliphatic rings. The maximum Gasteiger partial charge on any atom is 0.500 e. The molecule has 52 heavy (non-hydrogen) atoms. The van der Waals surface area contributed by atoms with Gasteiger partial charge in [0.05, 0.1) is 26.4 Å². The topological polar surface area (TPSA) is 153 Å². The molecule has 1 aromatic carbocycles. The van der Waals surface area contributed by atoms with Crippen LogP contribution in [0.15, 0.2) is 86.2 Å². The number of esters is 4. The Morgan fingerprint density at radius 3 is 1.58 bits per heavy atom.